The molecule has 5 aromatic carbocycles. The molecule has 3 aliphatic heterocycles. The van der Waals surface area contributed by atoms with Crippen LogP contribution >= 0.6 is 0 Å². The third-order valence-corrected chi connectivity index (χ3v) is 11.3. The van der Waals surface area contributed by atoms with Crippen LogP contribution in [0.25, 0.3) is 0 Å². The van der Waals surface area contributed by atoms with E-state index in [1.54, 1.807) is 0 Å². The van der Waals surface area contributed by atoms with Gasteiger partial charge in [0, 0.05) is 33.6 Å². The Balaban J connectivity index is 1.55. The molecule has 0 N–H and O–H groups in total. The number of benzene rings is 5. The number of hydrogen-bond acceptors (Lipinski definition) is 2. The molecule has 0 atom stereocenters. The van der Waals surface area contributed by atoms with E-state index in [0.29, 0.717) is 0 Å². The summed E-state index contributed by atoms with van der Waals surface area (Å²) in [4.78, 5) is 5.36. The first-order valence-corrected chi connectivity index (χ1v) is 17.3. The molecule has 0 aliphatic carbocycles. The summed E-state index contributed by atoms with van der Waals surface area (Å²) in [6.07, 6.45) is 0. The Kier molecular flexibility index (Phi) is 6.19. The second-order valence-corrected chi connectivity index (χ2v) is 17.1. The largest absolute Gasteiger partial charge is 0.376 e. The van der Waals surface area contributed by atoms with Gasteiger partial charge in [-0.3, -0.25) is 0 Å². The van der Waals surface area contributed by atoms with E-state index in [1.165, 1.54) is 72.7 Å². The SMILES string of the molecule is CC(C)(C)c1cccc2c1N(B1c3ccccc3N3c4ccccc4C(C)(C)c4cccc1c43)c1c(C(C)(C)C)cccc1C2(C)C. The first kappa shape index (κ1) is 30.1. The molecule has 5 aromatic rings. The molecular formula is C44H47BN2. The lowest BCUT2D eigenvalue weighted by atomic mass is 9.44. The summed E-state index contributed by atoms with van der Waals surface area (Å²) in [5.41, 5.74) is 17.3. The number of hydrogen-bond donors (Lipinski definition) is 0. The summed E-state index contributed by atoms with van der Waals surface area (Å²) in [6, 6.07) is 39.4. The highest BCUT2D eigenvalue weighted by atomic mass is 15.2. The molecule has 0 saturated carbocycles. The van der Waals surface area contributed by atoms with Crippen LogP contribution in [0.1, 0.15) is 103 Å². The minimum Gasteiger partial charge on any atom is -0.376 e. The number of fused-ring (bicyclic) bond motifs is 6. The van der Waals surface area contributed by atoms with Crippen molar-refractivity contribution < 1.29 is 0 Å². The Morgan fingerprint density at radius 3 is 1.45 bits per heavy atom. The van der Waals surface area contributed by atoms with Crippen LogP contribution in [0.15, 0.2) is 103 Å². The van der Waals surface area contributed by atoms with Crippen molar-refractivity contribution in [2.75, 3.05) is 9.71 Å². The van der Waals surface area contributed by atoms with Crippen molar-refractivity contribution in [3.05, 3.63) is 137 Å². The van der Waals surface area contributed by atoms with Crippen LogP contribution in [0.2, 0.25) is 0 Å². The molecule has 3 heterocycles. The van der Waals surface area contributed by atoms with Gasteiger partial charge >= 0.3 is 6.85 Å². The summed E-state index contributed by atoms with van der Waals surface area (Å²) in [6.45, 7) is 23.9. The second kappa shape index (κ2) is 9.66. The van der Waals surface area contributed by atoms with Gasteiger partial charge in [-0.05, 0) is 67.3 Å². The summed E-state index contributed by atoms with van der Waals surface area (Å²) < 4.78 is 0. The average Bonchev–Trinajstić information content (AvgIpc) is 3.02. The van der Waals surface area contributed by atoms with Gasteiger partial charge in [-0.15, -0.1) is 0 Å². The third-order valence-electron chi connectivity index (χ3n) is 11.3. The number of rotatable bonds is 1. The maximum Gasteiger partial charge on any atom is 0.332 e. The van der Waals surface area contributed by atoms with E-state index in [9.17, 15) is 0 Å². The zero-order valence-corrected chi connectivity index (χ0v) is 29.8. The Morgan fingerprint density at radius 1 is 0.447 bits per heavy atom. The molecule has 3 heteroatoms. The quantitative estimate of drug-likeness (QED) is 0.173. The molecule has 0 fully saturated rings. The molecule has 0 unspecified atom stereocenters. The summed E-state index contributed by atoms with van der Waals surface area (Å²) in [5, 5.41) is 0. The zero-order valence-electron chi connectivity index (χ0n) is 29.8. The fourth-order valence-electron chi connectivity index (χ4n) is 8.96. The molecule has 3 aliphatic rings. The van der Waals surface area contributed by atoms with Gasteiger partial charge in [-0.2, -0.15) is 0 Å². The van der Waals surface area contributed by atoms with Gasteiger partial charge in [0.15, 0.2) is 0 Å². The van der Waals surface area contributed by atoms with Gasteiger partial charge in [0.05, 0.1) is 5.69 Å². The highest BCUT2D eigenvalue weighted by molar-refractivity contribution is 6.92. The lowest BCUT2D eigenvalue weighted by Crippen LogP contribution is -2.62. The van der Waals surface area contributed by atoms with Crippen molar-refractivity contribution >= 4 is 46.2 Å². The van der Waals surface area contributed by atoms with Gasteiger partial charge in [0.25, 0.3) is 0 Å². The van der Waals surface area contributed by atoms with E-state index in [1.807, 2.05) is 0 Å². The Hall–Kier alpha value is -4.24. The minimum absolute atomic E-state index is 0.0148. The standard InChI is InChI=1S/C44H47BN2/c1-41(2,3)29-19-15-21-31-38(29)47(39-30(42(4,5)6)20-16-22-32(39)44(31,9)10)45-34-24-12-14-27-37(34)46-36-26-13-11-18-28(36)43(7,8)33-23-17-25-35(45)40(33)46/h11-27H,1-10H3. The fourth-order valence-corrected chi connectivity index (χ4v) is 8.96. The molecule has 0 saturated heterocycles. The predicted octanol–water partition coefficient (Wildman–Crippen LogP) is 10.3. The molecular weight excluding hydrogens is 567 g/mol. The first-order chi connectivity index (χ1) is 22.1. The highest BCUT2D eigenvalue weighted by Crippen LogP contribution is 2.57. The van der Waals surface area contributed by atoms with Crippen molar-refractivity contribution in [2.45, 2.75) is 90.9 Å². The molecule has 0 bridgehead atoms. The van der Waals surface area contributed by atoms with Crippen LogP contribution in [-0.2, 0) is 21.7 Å². The van der Waals surface area contributed by atoms with Crippen molar-refractivity contribution in [3.63, 3.8) is 0 Å². The van der Waals surface area contributed by atoms with E-state index in [-0.39, 0.29) is 28.5 Å². The first-order valence-electron chi connectivity index (χ1n) is 17.3. The normalized spacial score (nSPS) is 16.9. The van der Waals surface area contributed by atoms with E-state index in [2.05, 4.69) is 182 Å². The predicted molar refractivity (Wildman–Crippen MR) is 203 cm³/mol. The average molecular weight is 615 g/mol. The van der Waals surface area contributed by atoms with Gasteiger partial charge in [0.2, 0.25) is 0 Å². The summed E-state index contributed by atoms with van der Waals surface area (Å²) >= 11 is 0. The fraction of sp³-hybridized carbons (Fsp3) is 0.318. The Bertz CT molecular complexity index is 2020. The Labute approximate surface area is 282 Å². The van der Waals surface area contributed by atoms with Gasteiger partial charge in [-0.25, -0.2) is 0 Å². The van der Waals surface area contributed by atoms with Gasteiger partial charge in [-0.1, -0.05) is 160 Å². The summed E-state index contributed by atoms with van der Waals surface area (Å²) in [7, 11) is 0. The van der Waals surface area contributed by atoms with Crippen molar-refractivity contribution in [1.82, 2.24) is 0 Å². The van der Waals surface area contributed by atoms with E-state index in [4.69, 9.17) is 0 Å². The number of anilines is 5. The van der Waals surface area contributed by atoms with Crippen LogP contribution in [0, 0.1) is 0 Å². The monoisotopic (exact) mass is 614 g/mol. The summed E-state index contributed by atoms with van der Waals surface area (Å²) in [5.74, 6) is 0. The molecule has 236 valence electrons. The van der Waals surface area contributed by atoms with Gasteiger partial charge in [0.1, 0.15) is 0 Å². The van der Waals surface area contributed by atoms with Crippen LogP contribution in [0.5, 0.6) is 0 Å². The Morgan fingerprint density at radius 2 is 0.872 bits per heavy atom. The molecule has 8 rings (SSSR count). The smallest absolute Gasteiger partial charge is 0.332 e. The zero-order chi connectivity index (χ0) is 33.3. The molecule has 0 amide bonds. The molecule has 47 heavy (non-hydrogen) atoms. The molecule has 0 radical (unpaired) electrons. The van der Waals surface area contributed by atoms with Crippen LogP contribution in [0.3, 0.4) is 0 Å². The third kappa shape index (κ3) is 4.05. The second-order valence-electron chi connectivity index (χ2n) is 17.1. The maximum atomic E-state index is 2.79. The van der Waals surface area contributed by atoms with Crippen molar-refractivity contribution in [1.29, 1.82) is 0 Å². The lowest BCUT2D eigenvalue weighted by Gasteiger charge is -2.52. The van der Waals surface area contributed by atoms with Crippen LogP contribution in [-0.4, -0.2) is 6.85 Å². The minimum atomic E-state index is -0.166. The molecule has 0 aromatic heterocycles. The van der Waals surface area contributed by atoms with E-state index >= 15 is 0 Å². The van der Waals surface area contributed by atoms with E-state index in [0.717, 1.165) is 0 Å². The highest BCUT2D eigenvalue weighted by Gasteiger charge is 2.50. The number of nitrogens with zero attached hydrogens (tertiary/aromatic N) is 2. The van der Waals surface area contributed by atoms with E-state index < -0.39 is 0 Å². The topological polar surface area (TPSA) is 6.48 Å². The molecule has 2 nitrogen and oxygen atoms in total. The lowest BCUT2D eigenvalue weighted by molar-refractivity contribution is 0.569. The van der Waals surface area contributed by atoms with Crippen LogP contribution in [0.4, 0.5) is 28.4 Å². The van der Waals surface area contributed by atoms with Crippen molar-refractivity contribution in [3.8, 4) is 0 Å². The van der Waals surface area contributed by atoms with Crippen molar-refractivity contribution in [2.24, 2.45) is 0 Å². The van der Waals surface area contributed by atoms with Crippen LogP contribution < -0.4 is 20.6 Å². The maximum absolute atomic E-state index is 2.79. The molecule has 0 spiro atoms. The number of para-hydroxylation sites is 5. The van der Waals surface area contributed by atoms with Gasteiger partial charge < -0.3 is 9.71 Å².